The zero-order chi connectivity index (χ0) is 10.6. The average Bonchev–Trinajstić information content (AvgIpc) is 2.17. The Morgan fingerprint density at radius 3 is 2.29 bits per heavy atom. The van der Waals surface area contributed by atoms with Crippen LogP contribution >= 0.6 is 0 Å². The van der Waals surface area contributed by atoms with E-state index in [1.165, 1.54) is 24.3 Å². The quantitative estimate of drug-likeness (QED) is 0.523. The Morgan fingerprint density at radius 1 is 1.29 bits per heavy atom. The molecule has 1 aromatic rings. The van der Waals surface area contributed by atoms with E-state index in [1.807, 2.05) is 6.07 Å². The number of ether oxygens (including phenoxy) is 1. The molecule has 1 rings (SSSR count). The summed E-state index contributed by atoms with van der Waals surface area (Å²) in [6.45, 7) is 0. The van der Waals surface area contributed by atoms with Crippen molar-refractivity contribution in [3.8, 4) is 6.07 Å². The highest BCUT2D eigenvalue weighted by molar-refractivity contribution is 5.96. The molecule has 0 radical (unpaired) electrons. The number of nitrogens with zero attached hydrogens (tertiary/aromatic N) is 1. The second-order valence-electron chi connectivity index (χ2n) is 2.40. The summed E-state index contributed by atoms with van der Waals surface area (Å²) in [6.07, 6.45) is -1.15. The first-order valence-electron chi connectivity index (χ1n) is 3.65. The maximum absolute atomic E-state index is 11.0. The highest BCUT2D eigenvalue weighted by Gasteiger charge is 2.09. The summed E-state index contributed by atoms with van der Waals surface area (Å²) < 4.78 is 4.13. The fourth-order valence-corrected chi connectivity index (χ4v) is 0.831. The zero-order valence-corrected chi connectivity index (χ0v) is 7.06. The van der Waals surface area contributed by atoms with E-state index in [9.17, 15) is 9.59 Å². The molecule has 0 aliphatic rings. The highest BCUT2D eigenvalue weighted by atomic mass is 16.6. The van der Waals surface area contributed by atoms with E-state index < -0.39 is 12.1 Å². The van der Waals surface area contributed by atoms with Gasteiger partial charge in [0, 0.05) is 0 Å². The standard InChI is InChI=1S/C9H6N2O3/c10-5-6-1-3-7(4-2-6)8(12)14-9(11)13/h1-4H,(H2,11,13). The number of hydrogen-bond donors (Lipinski definition) is 1. The Kier molecular flexibility index (Phi) is 2.82. The van der Waals surface area contributed by atoms with Gasteiger partial charge in [-0.1, -0.05) is 0 Å². The summed E-state index contributed by atoms with van der Waals surface area (Å²) >= 11 is 0. The number of carbonyl (C=O) groups excluding carboxylic acids is 2. The van der Waals surface area contributed by atoms with Crippen molar-refractivity contribution < 1.29 is 14.3 Å². The second kappa shape index (κ2) is 4.05. The smallest absolute Gasteiger partial charge is 0.373 e. The van der Waals surface area contributed by atoms with Crippen molar-refractivity contribution in [3.63, 3.8) is 0 Å². The van der Waals surface area contributed by atoms with Crippen LogP contribution in [0.5, 0.6) is 0 Å². The van der Waals surface area contributed by atoms with Crippen LogP contribution in [0.2, 0.25) is 0 Å². The molecule has 0 fully saturated rings. The molecule has 1 amide bonds. The molecule has 1 aromatic carbocycles. The van der Waals surface area contributed by atoms with Gasteiger partial charge in [0.2, 0.25) is 0 Å². The molecule has 0 bridgehead atoms. The van der Waals surface area contributed by atoms with Gasteiger partial charge in [-0.15, -0.1) is 0 Å². The van der Waals surface area contributed by atoms with Crippen molar-refractivity contribution >= 4 is 12.1 Å². The van der Waals surface area contributed by atoms with Gasteiger partial charge in [-0.3, -0.25) is 0 Å². The van der Waals surface area contributed by atoms with Gasteiger partial charge >= 0.3 is 12.1 Å². The largest absolute Gasteiger partial charge is 0.412 e. The van der Waals surface area contributed by atoms with Crippen LogP contribution in [0.3, 0.4) is 0 Å². The van der Waals surface area contributed by atoms with Crippen molar-refractivity contribution in [3.05, 3.63) is 35.4 Å². The van der Waals surface area contributed by atoms with Gasteiger partial charge in [-0.2, -0.15) is 5.26 Å². The minimum absolute atomic E-state index is 0.169. The third-order valence-corrected chi connectivity index (χ3v) is 1.44. The Bertz CT molecular complexity index is 403. The minimum atomic E-state index is -1.15. The Balaban J connectivity index is 2.83. The molecule has 2 N–H and O–H groups in total. The van der Waals surface area contributed by atoms with Crippen LogP contribution < -0.4 is 5.73 Å². The first-order valence-corrected chi connectivity index (χ1v) is 3.65. The van der Waals surface area contributed by atoms with Crippen molar-refractivity contribution in [2.24, 2.45) is 5.73 Å². The van der Waals surface area contributed by atoms with Crippen molar-refractivity contribution in [2.45, 2.75) is 0 Å². The average molecular weight is 190 g/mol. The van der Waals surface area contributed by atoms with Crippen molar-refractivity contribution in [1.82, 2.24) is 0 Å². The van der Waals surface area contributed by atoms with E-state index >= 15 is 0 Å². The number of primary amides is 1. The van der Waals surface area contributed by atoms with Gasteiger partial charge in [-0.25, -0.2) is 9.59 Å². The highest BCUT2D eigenvalue weighted by Crippen LogP contribution is 2.04. The summed E-state index contributed by atoms with van der Waals surface area (Å²) in [5.74, 6) is -0.831. The monoisotopic (exact) mass is 190 g/mol. The van der Waals surface area contributed by atoms with Crippen LogP contribution in [0, 0.1) is 11.3 Å². The summed E-state index contributed by atoms with van der Waals surface area (Å²) in [6, 6.07) is 7.53. The summed E-state index contributed by atoms with van der Waals surface area (Å²) in [5, 5.41) is 8.47. The number of nitrogens with two attached hydrogens (primary N) is 1. The Labute approximate surface area is 79.7 Å². The number of amides is 1. The first-order chi connectivity index (χ1) is 6.63. The molecule has 5 nitrogen and oxygen atoms in total. The lowest BCUT2D eigenvalue weighted by Gasteiger charge is -1.98. The Morgan fingerprint density at radius 2 is 1.86 bits per heavy atom. The van der Waals surface area contributed by atoms with E-state index in [0.717, 1.165) is 0 Å². The Hall–Kier alpha value is -2.35. The topological polar surface area (TPSA) is 93.2 Å². The zero-order valence-electron chi connectivity index (χ0n) is 7.06. The lowest BCUT2D eigenvalue weighted by atomic mass is 10.1. The fraction of sp³-hybridized carbons (Fsp3) is 0. The predicted molar refractivity (Wildman–Crippen MR) is 46.2 cm³/mol. The second-order valence-corrected chi connectivity index (χ2v) is 2.40. The van der Waals surface area contributed by atoms with Crippen LogP contribution in [0.15, 0.2) is 24.3 Å². The maximum Gasteiger partial charge on any atom is 0.412 e. The third kappa shape index (κ3) is 2.32. The molecule has 5 heteroatoms. The fourth-order valence-electron chi connectivity index (χ4n) is 0.831. The number of hydrogen-bond acceptors (Lipinski definition) is 4. The molecule has 0 spiro atoms. The molecule has 70 valence electrons. The third-order valence-electron chi connectivity index (χ3n) is 1.44. The molecule has 0 heterocycles. The van der Waals surface area contributed by atoms with Crippen molar-refractivity contribution in [2.75, 3.05) is 0 Å². The van der Waals surface area contributed by atoms with E-state index in [2.05, 4.69) is 10.5 Å². The van der Waals surface area contributed by atoms with E-state index in [1.54, 1.807) is 0 Å². The number of rotatable bonds is 1. The van der Waals surface area contributed by atoms with Gasteiger partial charge in [0.1, 0.15) is 0 Å². The molecular weight excluding hydrogens is 184 g/mol. The van der Waals surface area contributed by atoms with E-state index in [0.29, 0.717) is 5.56 Å². The molecule has 0 aliphatic carbocycles. The first kappa shape index (κ1) is 9.74. The molecule has 0 aliphatic heterocycles. The summed E-state index contributed by atoms with van der Waals surface area (Å²) in [7, 11) is 0. The lowest BCUT2D eigenvalue weighted by molar-refractivity contribution is 0.0638. The molecule has 0 saturated carbocycles. The van der Waals surface area contributed by atoms with E-state index in [4.69, 9.17) is 5.26 Å². The number of esters is 1. The van der Waals surface area contributed by atoms with Crippen LogP contribution in [0.25, 0.3) is 0 Å². The van der Waals surface area contributed by atoms with Crippen molar-refractivity contribution in [1.29, 1.82) is 5.26 Å². The van der Waals surface area contributed by atoms with Gasteiger partial charge < -0.3 is 10.5 Å². The molecule has 0 saturated heterocycles. The molecule has 0 aromatic heterocycles. The van der Waals surface area contributed by atoms with Crippen LogP contribution in [0.4, 0.5) is 4.79 Å². The summed E-state index contributed by atoms with van der Waals surface area (Å²) in [4.78, 5) is 21.3. The minimum Gasteiger partial charge on any atom is -0.373 e. The molecule has 0 unspecified atom stereocenters. The van der Waals surface area contributed by atoms with Crippen LogP contribution in [-0.4, -0.2) is 12.1 Å². The normalized spacial score (nSPS) is 8.79. The molecular formula is C9H6N2O3. The molecule has 14 heavy (non-hydrogen) atoms. The molecule has 0 atom stereocenters. The number of carbonyl (C=O) groups is 2. The van der Waals surface area contributed by atoms with Gasteiger partial charge in [0.15, 0.2) is 0 Å². The van der Waals surface area contributed by atoms with Gasteiger partial charge in [-0.05, 0) is 24.3 Å². The van der Waals surface area contributed by atoms with Crippen LogP contribution in [0.1, 0.15) is 15.9 Å². The lowest BCUT2D eigenvalue weighted by Crippen LogP contribution is -2.18. The summed E-state index contributed by atoms with van der Waals surface area (Å²) in [5.41, 5.74) is 5.24. The maximum atomic E-state index is 11.0. The number of benzene rings is 1. The predicted octanol–water partition coefficient (Wildman–Crippen LogP) is 0.794. The number of nitriles is 1. The van der Waals surface area contributed by atoms with E-state index in [-0.39, 0.29) is 5.56 Å². The SMILES string of the molecule is N#Cc1ccc(C(=O)OC(N)=O)cc1. The van der Waals surface area contributed by atoms with Crippen LogP contribution in [-0.2, 0) is 4.74 Å². The van der Waals surface area contributed by atoms with Gasteiger partial charge in [0.25, 0.3) is 0 Å². The van der Waals surface area contributed by atoms with Gasteiger partial charge in [0.05, 0.1) is 17.2 Å².